The van der Waals surface area contributed by atoms with Gasteiger partial charge in [0.2, 0.25) is 0 Å². The van der Waals surface area contributed by atoms with Gasteiger partial charge in [0, 0.05) is 23.8 Å². The third-order valence-corrected chi connectivity index (χ3v) is 2.59. The van der Waals surface area contributed by atoms with Crippen molar-refractivity contribution < 1.29 is 0 Å². The van der Waals surface area contributed by atoms with Crippen molar-refractivity contribution in [1.82, 2.24) is 9.97 Å². The van der Waals surface area contributed by atoms with E-state index in [1.54, 1.807) is 23.7 Å². The third-order valence-electron chi connectivity index (χ3n) is 1.65. The summed E-state index contributed by atoms with van der Waals surface area (Å²) >= 11 is 1.54. The van der Waals surface area contributed by atoms with Crippen LogP contribution < -0.4 is 11.1 Å². The molecule has 0 atom stereocenters. The summed E-state index contributed by atoms with van der Waals surface area (Å²) in [6.07, 6.45) is 3.51. The normalized spacial score (nSPS) is 8.81. The Hall–Kier alpha value is -0.880. The SMILES string of the molecule is Cl.Cl.NCc1cnc(Nc2ccccn2)s1. The van der Waals surface area contributed by atoms with Crippen LogP contribution in [0.2, 0.25) is 0 Å². The summed E-state index contributed by atoms with van der Waals surface area (Å²) in [5.41, 5.74) is 5.48. The van der Waals surface area contributed by atoms with E-state index in [1.165, 1.54) is 0 Å². The number of pyridine rings is 1. The topological polar surface area (TPSA) is 63.8 Å². The molecule has 2 aromatic heterocycles. The van der Waals surface area contributed by atoms with Gasteiger partial charge in [-0.15, -0.1) is 36.2 Å². The maximum atomic E-state index is 5.48. The molecule has 0 saturated carbocycles. The predicted molar refractivity (Wildman–Crippen MR) is 72.0 cm³/mol. The number of anilines is 2. The van der Waals surface area contributed by atoms with Crippen molar-refractivity contribution in [1.29, 1.82) is 0 Å². The first-order valence-corrected chi connectivity index (χ1v) is 5.03. The fourth-order valence-electron chi connectivity index (χ4n) is 1.01. The molecule has 0 aliphatic carbocycles. The molecule has 3 N–H and O–H groups in total. The van der Waals surface area contributed by atoms with Gasteiger partial charge in [0.05, 0.1) is 0 Å². The first kappa shape index (κ1) is 15.1. The Kier molecular flexibility index (Phi) is 7.00. The maximum Gasteiger partial charge on any atom is 0.188 e. The van der Waals surface area contributed by atoms with E-state index in [9.17, 15) is 0 Å². The van der Waals surface area contributed by atoms with Crippen LogP contribution in [0.1, 0.15) is 4.88 Å². The Morgan fingerprint density at radius 1 is 1.25 bits per heavy atom. The highest BCUT2D eigenvalue weighted by Crippen LogP contribution is 2.20. The number of aromatic nitrogens is 2. The van der Waals surface area contributed by atoms with Crippen molar-refractivity contribution in [3.05, 3.63) is 35.5 Å². The number of hydrogen-bond donors (Lipinski definition) is 2. The molecule has 16 heavy (non-hydrogen) atoms. The van der Waals surface area contributed by atoms with E-state index >= 15 is 0 Å². The summed E-state index contributed by atoms with van der Waals surface area (Å²) in [6, 6.07) is 5.69. The molecule has 7 heteroatoms. The molecule has 0 fully saturated rings. The second kappa shape index (κ2) is 7.40. The Labute approximate surface area is 110 Å². The van der Waals surface area contributed by atoms with Crippen molar-refractivity contribution in [2.24, 2.45) is 5.73 Å². The number of halogens is 2. The van der Waals surface area contributed by atoms with Gasteiger partial charge in [0.1, 0.15) is 5.82 Å². The highest BCUT2D eigenvalue weighted by molar-refractivity contribution is 7.15. The van der Waals surface area contributed by atoms with Crippen LogP contribution in [-0.2, 0) is 6.54 Å². The molecule has 2 heterocycles. The first-order chi connectivity index (χ1) is 6.88. The van der Waals surface area contributed by atoms with E-state index in [2.05, 4.69) is 15.3 Å². The molecule has 0 saturated heterocycles. The molecular formula is C9H12Cl2N4S. The molecule has 88 valence electrons. The quantitative estimate of drug-likeness (QED) is 0.906. The number of thiazole rings is 1. The maximum absolute atomic E-state index is 5.48. The van der Waals surface area contributed by atoms with E-state index in [0.29, 0.717) is 6.54 Å². The fraction of sp³-hybridized carbons (Fsp3) is 0.111. The summed E-state index contributed by atoms with van der Waals surface area (Å²) in [5, 5.41) is 3.92. The fourth-order valence-corrected chi connectivity index (χ4v) is 1.70. The Morgan fingerprint density at radius 2 is 2.06 bits per heavy atom. The van der Waals surface area contributed by atoms with Crippen molar-refractivity contribution in [3.63, 3.8) is 0 Å². The number of nitrogens with two attached hydrogens (primary N) is 1. The van der Waals surface area contributed by atoms with Gasteiger partial charge in [-0.1, -0.05) is 6.07 Å². The van der Waals surface area contributed by atoms with Gasteiger partial charge in [-0.3, -0.25) is 0 Å². The molecule has 0 aliphatic rings. The van der Waals surface area contributed by atoms with Crippen molar-refractivity contribution in [2.45, 2.75) is 6.54 Å². The van der Waals surface area contributed by atoms with Gasteiger partial charge in [0.15, 0.2) is 5.13 Å². The van der Waals surface area contributed by atoms with Crippen molar-refractivity contribution in [3.8, 4) is 0 Å². The molecule has 0 bridgehead atoms. The van der Waals surface area contributed by atoms with Crippen LogP contribution in [0.25, 0.3) is 0 Å². The Bertz CT molecular complexity index is 407. The molecule has 0 aliphatic heterocycles. The zero-order chi connectivity index (χ0) is 9.80. The number of rotatable bonds is 3. The number of nitrogens with one attached hydrogen (secondary N) is 1. The van der Waals surface area contributed by atoms with Gasteiger partial charge in [-0.05, 0) is 12.1 Å². The largest absolute Gasteiger partial charge is 0.326 e. The summed E-state index contributed by atoms with van der Waals surface area (Å²) < 4.78 is 0. The molecular weight excluding hydrogens is 267 g/mol. The molecule has 0 unspecified atom stereocenters. The van der Waals surface area contributed by atoms with Gasteiger partial charge >= 0.3 is 0 Å². The van der Waals surface area contributed by atoms with Crippen LogP contribution in [0.4, 0.5) is 10.9 Å². The average Bonchev–Trinajstić information content (AvgIpc) is 2.67. The van der Waals surface area contributed by atoms with Crippen LogP contribution in [0.3, 0.4) is 0 Å². The molecule has 0 spiro atoms. The molecule has 0 radical (unpaired) electrons. The summed E-state index contributed by atoms with van der Waals surface area (Å²) in [7, 11) is 0. The summed E-state index contributed by atoms with van der Waals surface area (Å²) in [5.74, 6) is 0.797. The highest BCUT2D eigenvalue weighted by Gasteiger charge is 2.00. The molecule has 4 nitrogen and oxygen atoms in total. The second-order valence-corrected chi connectivity index (χ2v) is 3.79. The lowest BCUT2D eigenvalue weighted by Crippen LogP contribution is -1.91. The minimum absolute atomic E-state index is 0. The van der Waals surface area contributed by atoms with Crippen LogP contribution in [0.15, 0.2) is 30.6 Å². The lowest BCUT2D eigenvalue weighted by atomic mass is 10.5. The van der Waals surface area contributed by atoms with Crippen LogP contribution in [0, 0.1) is 0 Å². The lowest BCUT2D eigenvalue weighted by molar-refractivity contribution is 1.10. The van der Waals surface area contributed by atoms with E-state index in [-0.39, 0.29) is 24.8 Å². The minimum atomic E-state index is 0. The minimum Gasteiger partial charge on any atom is -0.326 e. The predicted octanol–water partition coefficient (Wildman–Crippen LogP) is 2.58. The number of hydrogen-bond acceptors (Lipinski definition) is 5. The van der Waals surface area contributed by atoms with Crippen LogP contribution >= 0.6 is 36.2 Å². The highest BCUT2D eigenvalue weighted by atomic mass is 35.5. The average molecular weight is 279 g/mol. The zero-order valence-corrected chi connectivity index (χ0v) is 10.7. The molecule has 0 amide bonds. The summed E-state index contributed by atoms with van der Waals surface area (Å²) in [4.78, 5) is 9.36. The number of nitrogens with zero attached hydrogens (tertiary/aromatic N) is 2. The first-order valence-electron chi connectivity index (χ1n) is 4.21. The van der Waals surface area contributed by atoms with E-state index in [0.717, 1.165) is 15.8 Å². The van der Waals surface area contributed by atoms with E-state index in [4.69, 9.17) is 5.73 Å². The summed E-state index contributed by atoms with van der Waals surface area (Å²) in [6.45, 7) is 0.529. The molecule has 2 rings (SSSR count). The third kappa shape index (κ3) is 3.94. The second-order valence-electron chi connectivity index (χ2n) is 2.68. The lowest BCUT2D eigenvalue weighted by Gasteiger charge is -1.98. The van der Waals surface area contributed by atoms with Gasteiger partial charge in [-0.25, -0.2) is 9.97 Å². The smallest absolute Gasteiger partial charge is 0.188 e. The zero-order valence-electron chi connectivity index (χ0n) is 8.29. The van der Waals surface area contributed by atoms with Crippen molar-refractivity contribution >= 4 is 47.1 Å². The van der Waals surface area contributed by atoms with Gasteiger partial charge in [0.25, 0.3) is 0 Å². The molecule has 2 aromatic rings. The van der Waals surface area contributed by atoms with Gasteiger partial charge in [-0.2, -0.15) is 0 Å². The molecule has 0 aromatic carbocycles. The Morgan fingerprint density at radius 3 is 2.62 bits per heavy atom. The Balaban J connectivity index is 0.00000112. The van der Waals surface area contributed by atoms with Crippen LogP contribution in [0.5, 0.6) is 0 Å². The van der Waals surface area contributed by atoms with Gasteiger partial charge < -0.3 is 11.1 Å². The van der Waals surface area contributed by atoms with Crippen LogP contribution in [-0.4, -0.2) is 9.97 Å². The monoisotopic (exact) mass is 278 g/mol. The standard InChI is InChI=1S/C9H10N4S.2ClH/c10-5-7-6-12-9(14-7)13-8-3-1-2-4-11-8;;/h1-4,6H,5,10H2,(H,11,12,13);2*1H. The van der Waals surface area contributed by atoms with E-state index < -0.39 is 0 Å². The van der Waals surface area contributed by atoms with E-state index in [1.807, 2.05) is 18.2 Å². The van der Waals surface area contributed by atoms with Crippen molar-refractivity contribution in [2.75, 3.05) is 5.32 Å².